The maximum absolute atomic E-state index is 12.4. The van der Waals surface area contributed by atoms with Gasteiger partial charge in [-0.15, -0.1) is 0 Å². The summed E-state index contributed by atoms with van der Waals surface area (Å²) in [5.41, 5.74) is 0.673. The molecule has 2 aliphatic rings. The van der Waals surface area contributed by atoms with Gasteiger partial charge in [0.25, 0.3) is 0 Å². The van der Waals surface area contributed by atoms with E-state index in [1.54, 1.807) is 18.2 Å². The average Bonchev–Trinajstić information content (AvgIpc) is 3.09. The van der Waals surface area contributed by atoms with Crippen LogP contribution < -0.4 is 25.4 Å². The summed E-state index contributed by atoms with van der Waals surface area (Å²) in [6.07, 6.45) is 1.31. The number of imide groups is 1. The Labute approximate surface area is 151 Å². The van der Waals surface area contributed by atoms with Crippen LogP contribution >= 0.6 is 0 Å². The number of anilines is 1. The second kappa shape index (κ2) is 8.05. The van der Waals surface area contributed by atoms with Gasteiger partial charge < -0.3 is 20.1 Å². The third kappa shape index (κ3) is 4.42. The van der Waals surface area contributed by atoms with Gasteiger partial charge in [0.1, 0.15) is 0 Å². The van der Waals surface area contributed by atoms with Crippen molar-refractivity contribution in [2.45, 2.75) is 12.8 Å². The van der Waals surface area contributed by atoms with Crippen molar-refractivity contribution in [2.24, 2.45) is 5.92 Å². The van der Waals surface area contributed by atoms with Crippen molar-refractivity contribution in [3.05, 3.63) is 18.2 Å². The maximum atomic E-state index is 12.4. The lowest BCUT2D eigenvalue weighted by molar-refractivity contribution is -0.122. The van der Waals surface area contributed by atoms with Gasteiger partial charge in [-0.05, 0) is 38.1 Å². The Hall–Kier alpha value is -2.81. The molecule has 1 saturated heterocycles. The molecule has 0 radical (unpaired) electrons. The van der Waals surface area contributed by atoms with Gasteiger partial charge in [0.2, 0.25) is 18.6 Å². The Morgan fingerprint density at radius 3 is 2.62 bits per heavy atom. The van der Waals surface area contributed by atoms with Gasteiger partial charge in [-0.25, -0.2) is 4.79 Å². The molecule has 0 unspecified atom stereocenters. The number of carbonyl (C=O) groups is 3. The third-order valence-corrected chi connectivity index (χ3v) is 4.45. The fourth-order valence-corrected chi connectivity index (χ4v) is 3.00. The highest BCUT2D eigenvalue weighted by Gasteiger charge is 2.26. The standard InChI is InChI=1S/C17H22N4O5/c1-18-17(24)20-15(22)9-21-6-4-11(5-7-21)16(23)19-12-2-3-13-14(8-12)26-10-25-13/h2-3,8,11H,4-7,9-10H2,1H3,(H,19,23)(H2,18,20,22,24). The van der Waals surface area contributed by atoms with Crippen molar-refractivity contribution in [2.75, 3.05) is 38.8 Å². The SMILES string of the molecule is CNC(=O)NC(=O)CN1CCC(C(=O)Nc2ccc3c(c2)OCO3)CC1. The van der Waals surface area contributed by atoms with E-state index in [9.17, 15) is 14.4 Å². The normalized spacial score (nSPS) is 16.8. The number of nitrogens with zero attached hydrogens (tertiary/aromatic N) is 1. The van der Waals surface area contributed by atoms with E-state index in [0.29, 0.717) is 43.1 Å². The molecule has 0 aromatic heterocycles. The van der Waals surface area contributed by atoms with E-state index >= 15 is 0 Å². The van der Waals surface area contributed by atoms with Gasteiger partial charge >= 0.3 is 6.03 Å². The fraction of sp³-hybridized carbons (Fsp3) is 0.471. The molecule has 4 amide bonds. The number of amides is 4. The zero-order chi connectivity index (χ0) is 18.5. The van der Waals surface area contributed by atoms with E-state index in [2.05, 4.69) is 16.0 Å². The highest BCUT2D eigenvalue weighted by atomic mass is 16.7. The number of ether oxygens (including phenoxy) is 2. The Morgan fingerprint density at radius 1 is 1.15 bits per heavy atom. The largest absolute Gasteiger partial charge is 0.454 e. The number of hydrogen-bond donors (Lipinski definition) is 3. The van der Waals surface area contributed by atoms with Gasteiger partial charge in [-0.1, -0.05) is 0 Å². The molecule has 0 spiro atoms. The number of piperidine rings is 1. The molecule has 0 atom stereocenters. The lowest BCUT2D eigenvalue weighted by atomic mass is 9.96. The van der Waals surface area contributed by atoms with Crippen molar-refractivity contribution < 1.29 is 23.9 Å². The van der Waals surface area contributed by atoms with Crippen molar-refractivity contribution in [3.63, 3.8) is 0 Å². The van der Waals surface area contributed by atoms with Crippen LogP contribution in [0.3, 0.4) is 0 Å². The first-order valence-electron chi connectivity index (χ1n) is 8.49. The average molecular weight is 362 g/mol. The predicted octanol–water partition coefficient (Wildman–Crippen LogP) is 0.521. The van der Waals surface area contributed by atoms with Gasteiger partial charge in [-0.3, -0.25) is 19.8 Å². The summed E-state index contributed by atoms with van der Waals surface area (Å²) < 4.78 is 10.6. The minimum atomic E-state index is -0.520. The molecule has 26 heavy (non-hydrogen) atoms. The lowest BCUT2D eigenvalue weighted by Gasteiger charge is -2.30. The highest BCUT2D eigenvalue weighted by Crippen LogP contribution is 2.34. The van der Waals surface area contributed by atoms with E-state index in [4.69, 9.17) is 9.47 Å². The number of urea groups is 1. The zero-order valence-corrected chi connectivity index (χ0v) is 14.5. The molecule has 2 heterocycles. The summed E-state index contributed by atoms with van der Waals surface area (Å²) in [5, 5.41) is 7.47. The quantitative estimate of drug-likeness (QED) is 0.721. The summed E-state index contributed by atoms with van der Waals surface area (Å²) >= 11 is 0. The molecule has 3 rings (SSSR count). The van der Waals surface area contributed by atoms with Crippen molar-refractivity contribution in [3.8, 4) is 11.5 Å². The first kappa shape index (κ1) is 18.0. The predicted molar refractivity (Wildman–Crippen MR) is 93.0 cm³/mol. The Morgan fingerprint density at radius 2 is 1.88 bits per heavy atom. The van der Waals surface area contributed by atoms with Gasteiger partial charge in [0.15, 0.2) is 11.5 Å². The Kier molecular flexibility index (Phi) is 5.57. The monoisotopic (exact) mass is 362 g/mol. The van der Waals surface area contributed by atoms with E-state index in [-0.39, 0.29) is 31.1 Å². The first-order valence-corrected chi connectivity index (χ1v) is 8.49. The molecule has 9 nitrogen and oxygen atoms in total. The van der Waals surface area contributed by atoms with Crippen LogP contribution in [0.1, 0.15) is 12.8 Å². The van der Waals surface area contributed by atoms with E-state index in [1.165, 1.54) is 7.05 Å². The molecule has 1 aromatic rings. The van der Waals surface area contributed by atoms with Gasteiger partial charge in [0, 0.05) is 24.7 Å². The minimum Gasteiger partial charge on any atom is -0.454 e. The molecule has 3 N–H and O–H groups in total. The van der Waals surface area contributed by atoms with Crippen molar-refractivity contribution in [1.29, 1.82) is 0 Å². The second-order valence-corrected chi connectivity index (χ2v) is 6.24. The lowest BCUT2D eigenvalue weighted by Crippen LogP contribution is -2.46. The van der Waals surface area contributed by atoms with Crippen molar-refractivity contribution in [1.82, 2.24) is 15.5 Å². The fourth-order valence-electron chi connectivity index (χ4n) is 3.00. The van der Waals surface area contributed by atoms with E-state index in [1.807, 2.05) is 4.90 Å². The summed E-state index contributed by atoms with van der Waals surface area (Å²) in [7, 11) is 1.45. The molecular formula is C17H22N4O5. The number of benzene rings is 1. The molecular weight excluding hydrogens is 340 g/mol. The maximum Gasteiger partial charge on any atom is 0.321 e. The van der Waals surface area contributed by atoms with E-state index in [0.717, 1.165) is 0 Å². The van der Waals surface area contributed by atoms with Crippen LogP contribution in [-0.2, 0) is 9.59 Å². The molecule has 2 aliphatic heterocycles. The van der Waals surface area contributed by atoms with E-state index < -0.39 is 6.03 Å². The van der Waals surface area contributed by atoms with Crippen LogP contribution in [0.25, 0.3) is 0 Å². The number of rotatable bonds is 4. The zero-order valence-electron chi connectivity index (χ0n) is 14.5. The first-order chi connectivity index (χ1) is 12.5. The van der Waals surface area contributed by atoms with Crippen LogP contribution in [-0.4, -0.2) is 56.2 Å². The Balaban J connectivity index is 1.45. The number of hydrogen-bond acceptors (Lipinski definition) is 6. The summed E-state index contributed by atoms with van der Waals surface area (Å²) in [5.74, 6) is 0.788. The minimum absolute atomic E-state index is 0.0432. The number of likely N-dealkylation sites (tertiary alicyclic amines) is 1. The molecule has 1 aromatic carbocycles. The highest BCUT2D eigenvalue weighted by molar-refractivity contribution is 5.95. The van der Waals surface area contributed by atoms with Crippen LogP contribution in [0.4, 0.5) is 10.5 Å². The molecule has 140 valence electrons. The van der Waals surface area contributed by atoms with Crippen LogP contribution in [0.5, 0.6) is 11.5 Å². The summed E-state index contributed by atoms with van der Waals surface area (Å²) in [4.78, 5) is 37.2. The number of carbonyl (C=O) groups excluding carboxylic acids is 3. The molecule has 9 heteroatoms. The third-order valence-electron chi connectivity index (χ3n) is 4.45. The topological polar surface area (TPSA) is 109 Å². The second-order valence-electron chi connectivity index (χ2n) is 6.24. The number of fused-ring (bicyclic) bond motifs is 1. The van der Waals surface area contributed by atoms with Gasteiger partial charge in [-0.2, -0.15) is 0 Å². The molecule has 0 aliphatic carbocycles. The van der Waals surface area contributed by atoms with Crippen LogP contribution in [0.2, 0.25) is 0 Å². The molecule has 1 fully saturated rings. The summed E-state index contributed by atoms with van der Waals surface area (Å²) in [6.45, 7) is 1.59. The Bertz CT molecular complexity index is 700. The smallest absolute Gasteiger partial charge is 0.321 e. The van der Waals surface area contributed by atoms with Crippen LogP contribution in [0, 0.1) is 5.92 Å². The van der Waals surface area contributed by atoms with Crippen LogP contribution in [0.15, 0.2) is 18.2 Å². The van der Waals surface area contributed by atoms with Crippen molar-refractivity contribution >= 4 is 23.5 Å². The number of nitrogens with one attached hydrogen (secondary N) is 3. The molecule has 0 saturated carbocycles. The van der Waals surface area contributed by atoms with Gasteiger partial charge in [0.05, 0.1) is 6.54 Å². The summed E-state index contributed by atoms with van der Waals surface area (Å²) in [6, 6.07) is 4.78. The molecule has 0 bridgehead atoms.